The summed E-state index contributed by atoms with van der Waals surface area (Å²) in [5.74, 6) is 0. The molecule has 3 heteroatoms. The molecule has 6 aromatic rings. The SMILES string of the molecule is CCC(c1ccccc1)(c1ccccc1)[c-]1cccc1.CCC(c1ccccc1)(c1ccccc1)[c-]1cccc1.[Cl][Zr+2][Cl]. The van der Waals surface area contributed by atoms with Gasteiger partial charge in [0.15, 0.2) is 0 Å². The van der Waals surface area contributed by atoms with Crippen LogP contribution >= 0.6 is 17.0 Å². The Labute approximate surface area is 276 Å². The fourth-order valence-corrected chi connectivity index (χ4v) is 6.43. The molecule has 0 aliphatic rings. The molecule has 0 unspecified atom stereocenters. The van der Waals surface area contributed by atoms with E-state index in [1.165, 1.54) is 33.4 Å². The molecular formula is C40H38Cl2Zr. The molecule has 0 N–H and O–H groups in total. The molecule has 0 amide bonds. The first-order valence-electron chi connectivity index (χ1n) is 14.8. The molecule has 0 aliphatic heterocycles. The normalized spacial score (nSPS) is 10.9. The molecule has 0 heterocycles. The van der Waals surface area contributed by atoms with Crippen molar-refractivity contribution in [2.24, 2.45) is 0 Å². The van der Waals surface area contributed by atoms with E-state index >= 15 is 0 Å². The Bertz CT molecular complexity index is 1340. The Balaban J connectivity index is 0.000000181. The molecule has 0 saturated heterocycles. The van der Waals surface area contributed by atoms with Gasteiger partial charge in [0.05, 0.1) is 0 Å². The van der Waals surface area contributed by atoms with Crippen LogP contribution in [0.4, 0.5) is 0 Å². The molecule has 0 spiro atoms. The van der Waals surface area contributed by atoms with Gasteiger partial charge < -0.3 is 0 Å². The van der Waals surface area contributed by atoms with Crippen LogP contribution in [0.1, 0.15) is 60.1 Å². The summed E-state index contributed by atoms with van der Waals surface area (Å²) in [6.07, 6.45) is 2.09. The zero-order valence-corrected chi connectivity index (χ0v) is 28.8. The van der Waals surface area contributed by atoms with Gasteiger partial charge >= 0.3 is 37.9 Å². The van der Waals surface area contributed by atoms with Crippen LogP contribution < -0.4 is 0 Å². The van der Waals surface area contributed by atoms with Gasteiger partial charge in [-0.3, -0.25) is 0 Å². The minimum absolute atomic E-state index is 0.0496. The summed E-state index contributed by atoms with van der Waals surface area (Å²) in [6.45, 7) is 4.54. The molecule has 0 aliphatic carbocycles. The molecule has 0 atom stereocenters. The summed E-state index contributed by atoms with van der Waals surface area (Å²) in [5, 5.41) is 0. The van der Waals surface area contributed by atoms with Gasteiger partial charge in [-0.25, -0.2) is 24.3 Å². The van der Waals surface area contributed by atoms with Crippen LogP contribution in [0.5, 0.6) is 0 Å². The third-order valence-corrected chi connectivity index (χ3v) is 8.44. The summed E-state index contributed by atoms with van der Waals surface area (Å²) in [4.78, 5) is 0. The zero-order chi connectivity index (χ0) is 30.4. The Morgan fingerprint density at radius 1 is 0.419 bits per heavy atom. The van der Waals surface area contributed by atoms with E-state index in [2.05, 4.69) is 184 Å². The molecule has 0 saturated carbocycles. The first-order chi connectivity index (χ1) is 21.2. The summed E-state index contributed by atoms with van der Waals surface area (Å²) >= 11 is -0.826. The molecule has 0 fully saturated rings. The Kier molecular flexibility index (Phi) is 12.9. The number of rotatable bonds is 8. The van der Waals surface area contributed by atoms with Gasteiger partial charge in [-0.05, 0) is 35.1 Å². The van der Waals surface area contributed by atoms with E-state index in [9.17, 15) is 0 Å². The Morgan fingerprint density at radius 3 is 0.814 bits per heavy atom. The third kappa shape index (κ3) is 7.41. The molecule has 216 valence electrons. The standard InChI is InChI=1S/2C20H19.2ClH.Zr/c2*1-2-20(19-15-9-10-16-19,17-11-5-3-6-12-17)18-13-7-4-8-14-18;;;/h2*3-16H,2H2,1H3;2*1H;/q2*-1;;;+4/p-2. The maximum atomic E-state index is 4.93. The van der Waals surface area contributed by atoms with Crippen LogP contribution in [-0.2, 0) is 31.7 Å². The van der Waals surface area contributed by atoms with E-state index in [0.717, 1.165) is 12.8 Å². The van der Waals surface area contributed by atoms with Crippen LogP contribution in [0.15, 0.2) is 170 Å². The van der Waals surface area contributed by atoms with Gasteiger partial charge in [0.1, 0.15) is 0 Å². The van der Waals surface area contributed by atoms with Crippen LogP contribution in [0.2, 0.25) is 0 Å². The first kappa shape index (κ1) is 32.9. The van der Waals surface area contributed by atoms with Crippen molar-refractivity contribution in [1.82, 2.24) is 0 Å². The maximum absolute atomic E-state index is 4.93. The van der Waals surface area contributed by atoms with E-state index in [1.807, 2.05) is 0 Å². The molecule has 6 rings (SSSR count). The molecule has 43 heavy (non-hydrogen) atoms. The second-order valence-corrected chi connectivity index (χ2v) is 14.1. The van der Waals surface area contributed by atoms with Crippen LogP contribution in [-0.4, -0.2) is 0 Å². The van der Waals surface area contributed by atoms with E-state index in [1.54, 1.807) is 0 Å². The molecule has 0 radical (unpaired) electrons. The zero-order valence-electron chi connectivity index (χ0n) is 24.8. The van der Waals surface area contributed by atoms with Crippen molar-refractivity contribution in [1.29, 1.82) is 0 Å². The Hall–Kier alpha value is -2.96. The van der Waals surface area contributed by atoms with Gasteiger partial charge in [-0.1, -0.05) is 135 Å². The molecule has 6 aromatic carbocycles. The van der Waals surface area contributed by atoms with Crippen molar-refractivity contribution >= 4 is 17.0 Å². The topological polar surface area (TPSA) is 0 Å². The van der Waals surface area contributed by atoms with E-state index in [-0.39, 0.29) is 10.8 Å². The van der Waals surface area contributed by atoms with E-state index < -0.39 is 20.8 Å². The fourth-order valence-electron chi connectivity index (χ4n) is 6.43. The number of benzene rings is 4. The van der Waals surface area contributed by atoms with Crippen molar-refractivity contribution in [3.05, 3.63) is 203 Å². The molecule has 0 aromatic heterocycles. The number of halogens is 2. The van der Waals surface area contributed by atoms with Crippen molar-refractivity contribution in [3.8, 4) is 0 Å². The second-order valence-electron chi connectivity index (χ2n) is 10.4. The first-order valence-corrected chi connectivity index (χ1v) is 21.1. The van der Waals surface area contributed by atoms with Crippen molar-refractivity contribution < 1.29 is 20.8 Å². The Morgan fingerprint density at radius 2 is 0.628 bits per heavy atom. The van der Waals surface area contributed by atoms with E-state index in [0.29, 0.717) is 0 Å². The minimum atomic E-state index is -0.826. The molecular weight excluding hydrogens is 643 g/mol. The van der Waals surface area contributed by atoms with E-state index in [4.69, 9.17) is 17.0 Å². The molecule has 0 nitrogen and oxygen atoms in total. The van der Waals surface area contributed by atoms with Crippen LogP contribution in [0.25, 0.3) is 0 Å². The summed E-state index contributed by atoms with van der Waals surface area (Å²) in [6, 6.07) is 60.8. The predicted molar refractivity (Wildman–Crippen MR) is 182 cm³/mol. The summed E-state index contributed by atoms with van der Waals surface area (Å²) in [5.41, 5.74) is 8.09. The van der Waals surface area contributed by atoms with Gasteiger partial charge in [0, 0.05) is 10.8 Å². The monoisotopic (exact) mass is 678 g/mol. The summed E-state index contributed by atoms with van der Waals surface area (Å²) < 4.78 is 0. The van der Waals surface area contributed by atoms with Crippen LogP contribution in [0.3, 0.4) is 0 Å². The second kappa shape index (κ2) is 16.8. The van der Waals surface area contributed by atoms with Gasteiger partial charge in [0.2, 0.25) is 0 Å². The van der Waals surface area contributed by atoms with Gasteiger partial charge in [0.25, 0.3) is 0 Å². The average molecular weight is 681 g/mol. The quantitative estimate of drug-likeness (QED) is 0.140. The van der Waals surface area contributed by atoms with Crippen molar-refractivity contribution in [2.75, 3.05) is 0 Å². The van der Waals surface area contributed by atoms with Gasteiger partial charge in [-0.2, -0.15) is 24.3 Å². The summed E-state index contributed by atoms with van der Waals surface area (Å²) in [7, 11) is 9.87. The number of hydrogen-bond acceptors (Lipinski definition) is 0. The third-order valence-electron chi connectivity index (χ3n) is 8.44. The molecule has 0 bridgehead atoms. The predicted octanol–water partition coefficient (Wildman–Crippen LogP) is 11.7. The van der Waals surface area contributed by atoms with Gasteiger partial charge in [-0.15, -0.1) is 11.1 Å². The fraction of sp³-hybridized carbons (Fsp3) is 0.150. The van der Waals surface area contributed by atoms with Crippen LogP contribution in [0, 0.1) is 0 Å². The number of hydrogen-bond donors (Lipinski definition) is 0. The average Bonchev–Trinajstić information content (AvgIpc) is 3.82. The van der Waals surface area contributed by atoms with Crippen molar-refractivity contribution in [2.45, 2.75) is 37.5 Å². The van der Waals surface area contributed by atoms with Crippen molar-refractivity contribution in [3.63, 3.8) is 0 Å².